The highest BCUT2D eigenvalue weighted by molar-refractivity contribution is 7.85. The maximum Gasteiger partial charge on any atom is 0.294 e. The Bertz CT molecular complexity index is 528. The Morgan fingerprint density at radius 3 is 2.42 bits per heavy atom. The molecule has 1 heterocycles. The molecule has 1 aromatic rings. The van der Waals surface area contributed by atoms with Gasteiger partial charge in [0.15, 0.2) is 6.10 Å². The standard InChI is InChI=1S/C7H8O3S.C5H8N2O/c1-6-2-4-7(5-3-6)11(8,9)10;6-3-5-4-7-1-2-8-5/h2-5H,1H3,(H,8,9,10);5,7H,1-2,4H2. The Kier molecular flexibility index (Phi) is 5.92. The van der Waals surface area contributed by atoms with Crippen molar-refractivity contribution in [1.29, 1.82) is 5.26 Å². The van der Waals surface area contributed by atoms with Crippen LogP contribution in [0.4, 0.5) is 0 Å². The smallest absolute Gasteiger partial charge is 0.294 e. The lowest BCUT2D eigenvalue weighted by atomic mass is 10.2. The van der Waals surface area contributed by atoms with Crippen molar-refractivity contribution in [3.8, 4) is 6.07 Å². The predicted octanol–water partition coefficient (Wildman–Crippen LogP) is 0.740. The summed E-state index contributed by atoms with van der Waals surface area (Å²) in [6.07, 6.45) is -0.219. The Labute approximate surface area is 112 Å². The van der Waals surface area contributed by atoms with Gasteiger partial charge < -0.3 is 10.1 Å². The number of hydrogen-bond donors (Lipinski definition) is 2. The van der Waals surface area contributed by atoms with Crippen molar-refractivity contribution >= 4 is 10.1 Å². The molecule has 1 aromatic carbocycles. The number of hydrogen-bond acceptors (Lipinski definition) is 5. The number of benzene rings is 1. The maximum atomic E-state index is 10.5. The molecule has 7 heteroatoms. The van der Waals surface area contributed by atoms with Crippen LogP contribution < -0.4 is 5.32 Å². The Morgan fingerprint density at radius 1 is 1.42 bits per heavy atom. The van der Waals surface area contributed by atoms with Gasteiger partial charge in [-0.2, -0.15) is 13.7 Å². The topological polar surface area (TPSA) is 99.4 Å². The monoisotopic (exact) mass is 284 g/mol. The highest BCUT2D eigenvalue weighted by Crippen LogP contribution is 2.08. The van der Waals surface area contributed by atoms with Crippen LogP contribution in [0.3, 0.4) is 0 Å². The van der Waals surface area contributed by atoms with Crippen LogP contribution in [-0.2, 0) is 14.9 Å². The van der Waals surface area contributed by atoms with Gasteiger partial charge in [-0.3, -0.25) is 4.55 Å². The minimum atomic E-state index is -4.02. The fourth-order valence-corrected chi connectivity index (χ4v) is 1.84. The van der Waals surface area contributed by atoms with Gasteiger partial charge in [-0.25, -0.2) is 0 Å². The maximum absolute atomic E-state index is 10.5. The van der Waals surface area contributed by atoms with Crippen LogP contribution in [0.5, 0.6) is 0 Å². The summed E-state index contributed by atoms with van der Waals surface area (Å²) < 4.78 is 34.6. The summed E-state index contributed by atoms with van der Waals surface area (Å²) in [6.45, 7) is 4.06. The first-order chi connectivity index (χ1) is 8.93. The summed E-state index contributed by atoms with van der Waals surface area (Å²) in [5, 5.41) is 11.3. The van der Waals surface area contributed by atoms with Gasteiger partial charge in [0.1, 0.15) is 0 Å². The molecule has 0 amide bonds. The second-order valence-electron chi connectivity index (χ2n) is 3.98. The first kappa shape index (κ1) is 15.6. The summed E-state index contributed by atoms with van der Waals surface area (Å²) in [5.74, 6) is 0. The molecule has 0 aromatic heterocycles. The zero-order valence-corrected chi connectivity index (χ0v) is 11.4. The van der Waals surface area contributed by atoms with Crippen molar-refractivity contribution in [2.45, 2.75) is 17.9 Å². The first-order valence-corrected chi connectivity index (χ1v) is 7.13. The van der Waals surface area contributed by atoms with E-state index in [1.807, 2.05) is 13.0 Å². The molecule has 6 nitrogen and oxygen atoms in total. The molecule has 1 unspecified atom stereocenters. The van der Waals surface area contributed by atoms with Gasteiger partial charge in [0.25, 0.3) is 10.1 Å². The van der Waals surface area contributed by atoms with Crippen molar-refractivity contribution in [2.24, 2.45) is 0 Å². The molecular weight excluding hydrogens is 268 g/mol. The Balaban J connectivity index is 0.000000200. The number of nitriles is 1. The van der Waals surface area contributed by atoms with Gasteiger partial charge in [-0.1, -0.05) is 17.7 Å². The van der Waals surface area contributed by atoms with E-state index in [0.29, 0.717) is 13.2 Å². The average Bonchev–Trinajstić information content (AvgIpc) is 2.40. The quantitative estimate of drug-likeness (QED) is 0.738. The zero-order chi connectivity index (χ0) is 14.3. The Hall–Kier alpha value is -1.46. The normalized spacial score (nSPS) is 18.9. The van der Waals surface area contributed by atoms with E-state index in [-0.39, 0.29) is 11.0 Å². The molecular formula is C12H16N2O4S. The number of ether oxygens (including phenoxy) is 1. The molecule has 1 aliphatic rings. The summed E-state index contributed by atoms with van der Waals surface area (Å²) in [4.78, 5) is -0.0666. The summed E-state index contributed by atoms with van der Waals surface area (Å²) in [5.41, 5.74) is 0.956. The average molecular weight is 284 g/mol. The van der Waals surface area contributed by atoms with E-state index in [9.17, 15) is 8.42 Å². The number of aryl methyl sites for hydroxylation is 1. The van der Waals surface area contributed by atoms with E-state index in [4.69, 9.17) is 14.6 Å². The molecule has 1 fully saturated rings. The van der Waals surface area contributed by atoms with Crippen LogP contribution in [0.1, 0.15) is 5.56 Å². The molecule has 0 aliphatic carbocycles. The van der Waals surface area contributed by atoms with Crippen LogP contribution in [0.15, 0.2) is 29.2 Å². The van der Waals surface area contributed by atoms with Crippen LogP contribution in [0, 0.1) is 18.3 Å². The van der Waals surface area contributed by atoms with E-state index >= 15 is 0 Å². The molecule has 1 aliphatic heterocycles. The lowest BCUT2D eigenvalue weighted by molar-refractivity contribution is 0.0638. The third kappa shape index (κ3) is 5.81. The highest BCUT2D eigenvalue weighted by atomic mass is 32.2. The van der Waals surface area contributed by atoms with Crippen LogP contribution in [0.25, 0.3) is 0 Å². The summed E-state index contributed by atoms with van der Waals surface area (Å²) in [6, 6.07) is 8.01. The van der Waals surface area contributed by atoms with Crippen LogP contribution in [-0.4, -0.2) is 38.8 Å². The van der Waals surface area contributed by atoms with E-state index < -0.39 is 10.1 Å². The highest BCUT2D eigenvalue weighted by Gasteiger charge is 2.10. The van der Waals surface area contributed by atoms with Gasteiger partial charge in [0.05, 0.1) is 17.6 Å². The second-order valence-corrected chi connectivity index (χ2v) is 5.40. The fourth-order valence-electron chi connectivity index (χ4n) is 1.36. The van der Waals surface area contributed by atoms with Gasteiger partial charge in [-0.05, 0) is 19.1 Å². The molecule has 2 rings (SSSR count). The zero-order valence-electron chi connectivity index (χ0n) is 10.5. The molecule has 2 N–H and O–H groups in total. The summed E-state index contributed by atoms with van der Waals surface area (Å²) >= 11 is 0. The third-order valence-corrected chi connectivity index (χ3v) is 3.26. The van der Waals surface area contributed by atoms with Gasteiger partial charge in [0, 0.05) is 13.1 Å². The van der Waals surface area contributed by atoms with Crippen molar-refractivity contribution < 1.29 is 17.7 Å². The van der Waals surface area contributed by atoms with E-state index in [2.05, 4.69) is 5.32 Å². The van der Waals surface area contributed by atoms with Gasteiger partial charge in [0.2, 0.25) is 0 Å². The van der Waals surface area contributed by atoms with Crippen molar-refractivity contribution in [2.75, 3.05) is 19.7 Å². The van der Waals surface area contributed by atoms with Gasteiger partial charge in [-0.15, -0.1) is 0 Å². The summed E-state index contributed by atoms with van der Waals surface area (Å²) in [7, 11) is -4.02. The molecule has 0 spiro atoms. The lowest BCUT2D eigenvalue weighted by Crippen LogP contribution is -2.37. The minimum Gasteiger partial charge on any atom is -0.361 e. The predicted molar refractivity (Wildman–Crippen MR) is 69.2 cm³/mol. The van der Waals surface area contributed by atoms with Crippen LogP contribution >= 0.6 is 0 Å². The second kappa shape index (κ2) is 7.21. The lowest BCUT2D eigenvalue weighted by Gasteiger charge is -2.16. The number of nitrogens with zero attached hydrogens (tertiary/aromatic N) is 1. The molecule has 1 atom stereocenters. The SMILES string of the molecule is Cc1ccc(S(=O)(=O)O)cc1.N#CC1CNCCO1. The molecule has 0 saturated carbocycles. The fraction of sp³-hybridized carbons (Fsp3) is 0.417. The van der Waals surface area contributed by atoms with E-state index in [1.54, 1.807) is 12.1 Å². The number of nitrogens with one attached hydrogen (secondary N) is 1. The van der Waals surface area contributed by atoms with Crippen LogP contribution in [0.2, 0.25) is 0 Å². The number of rotatable bonds is 1. The van der Waals surface area contributed by atoms with Crippen molar-refractivity contribution in [3.05, 3.63) is 29.8 Å². The van der Waals surface area contributed by atoms with E-state index in [1.165, 1.54) is 12.1 Å². The molecule has 0 radical (unpaired) electrons. The van der Waals surface area contributed by atoms with Crippen molar-refractivity contribution in [3.63, 3.8) is 0 Å². The molecule has 0 bridgehead atoms. The molecule has 19 heavy (non-hydrogen) atoms. The Morgan fingerprint density at radius 2 is 2.05 bits per heavy atom. The first-order valence-electron chi connectivity index (χ1n) is 5.69. The molecule has 104 valence electrons. The van der Waals surface area contributed by atoms with Gasteiger partial charge >= 0.3 is 0 Å². The van der Waals surface area contributed by atoms with E-state index in [0.717, 1.165) is 12.1 Å². The largest absolute Gasteiger partial charge is 0.361 e. The third-order valence-electron chi connectivity index (χ3n) is 2.39. The minimum absolute atomic E-state index is 0.0666. The number of morpholine rings is 1. The molecule has 1 saturated heterocycles. The van der Waals surface area contributed by atoms with Crippen molar-refractivity contribution in [1.82, 2.24) is 5.32 Å².